The predicted octanol–water partition coefficient (Wildman–Crippen LogP) is 2.91. The number of ketones is 1. The number of ether oxygens (including phenoxy) is 17. The molecule has 8 aliphatic rings. The van der Waals surface area contributed by atoms with E-state index in [1.807, 2.05) is 0 Å². The Bertz CT molecular complexity index is 2640. The van der Waals surface area contributed by atoms with E-state index in [1.54, 1.807) is 6.92 Å². The first-order valence-electron chi connectivity index (χ1n) is 29.6. The molecule has 0 aromatic carbocycles. The number of rotatable bonds is 20. The van der Waals surface area contributed by atoms with Crippen LogP contribution in [0.2, 0.25) is 0 Å². The Morgan fingerprint density at radius 2 is 0.782 bits per heavy atom. The zero-order valence-electron chi connectivity index (χ0n) is 51.3. The highest BCUT2D eigenvalue weighted by Crippen LogP contribution is 2.74. The molecular formula is C59H82O28. The van der Waals surface area contributed by atoms with Gasteiger partial charge in [0.1, 0.15) is 44.2 Å². The second-order valence-electron chi connectivity index (χ2n) is 24.5. The summed E-state index contributed by atoms with van der Waals surface area (Å²) in [5.41, 5.74) is -1.02. The van der Waals surface area contributed by atoms with Crippen molar-refractivity contribution in [3.05, 3.63) is 0 Å². The Balaban J connectivity index is 1.16. The Morgan fingerprint density at radius 1 is 0.391 bits per heavy atom. The summed E-state index contributed by atoms with van der Waals surface area (Å²) in [7, 11) is 0. The van der Waals surface area contributed by atoms with Gasteiger partial charge in [0.25, 0.3) is 0 Å². The minimum absolute atomic E-state index is 0.0461. The maximum Gasteiger partial charge on any atom is 0.303 e. The third-order valence-corrected chi connectivity index (χ3v) is 18.7. The molecule has 4 aliphatic carbocycles. The molecule has 0 amide bonds. The van der Waals surface area contributed by atoms with Crippen molar-refractivity contribution in [2.45, 2.75) is 251 Å². The fraction of sp³-hybridized carbons (Fsp3) is 0.814. The van der Waals surface area contributed by atoms with Gasteiger partial charge in [0, 0.05) is 74.7 Å². The van der Waals surface area contributed by atoms with Crippen LogP contribution in [0.25, 0.3) is 0 Å². The largest absolute Gasteiger partial charge is 0.463 e. The van der Waals surface area contributed by atoms with Crippen LogP contribution in [0.1, 0.15) is 141 Å². The second-order valence-corrected chi connectivity index (χ2v) is 24.5. The highest BCUT2D eigenvalue weighted by Gasteiger charge is 2.79. The highest BCUT2D eigenvalue weighted by molar-refractivity contribution is 5.90. The zero-order valence-corrected chi connectivity index (χ0v) is 51.3. The lowest BCUT2D eigenvalue weighted by Gasteiger charge is -2.61. The average Bonchev–Trinajstić information content (AvgIpc) is 1.50. The van der Waals surface area contributed by atoms with Gasteiger partial charge in [-0.2, -0.15) is 0 Å². The molecule has 4 saturated heterocycles. The van der Waals surface area contributed by atoms with E-state index >= 15 is 0 Å². The minimum Gasteiger partial charge on any atom is -0.463 e. The standard InChI is InChI=1S/C59H82O28/c1-25(60)59-44(87-59)21-40-38-15-14-36-20-37(16-18-57(36,12)39(38)17-19-58(40,59)13)81-54-51(79-34(10)69)50(78-33(9)68)47(43(82-54)24-73-28(4)63)85-56-53(49(77-32(8)67)46(75-30(6)65)42(84-56)23-72-27(3)62)86-55-52(80-35(11)70)48(76-31(7)66)45(74-29(5)64)41(83-55)22-71-26(2)61/h36-56H,14-24H2,1-13H3. The molecule has 24 unspecified atom stereocenters. The molecule has 0 spiro atoms. The van der Waals surface area contributed by atoms with Crippen molar-refractivity contribution in [1.29, 1.82) is 0 Å². The van der Waals surface area contributed by atoms with E-state index in [0.717, 1.165) is 108 Å². The highest BCUT2D eigenvalue weighted by atomic mass is 16.8. The third kappa shape index (κ3) is 14.4. The fourth-order valence-corrected chi connectivity index (χ4v) is 15.5. The van der Waals surface area contributed by atoms with Crippen molar-refractivity contribution in [3.63, 3.8) is 0 Å². The van der Waals surface area contributed by atoms with Crippen LogP contribution >= 0.6 is 0 Å². The Hall–Kier alpha value is -5.91. The van der Waals surface area contributed by atoms with E-state index < -0.39 is 183 Å². The van der Waals surface area contributed by atoms with Gasteiger partial charge in [-0.25, -0.2) is 0 Å². The molecular weight excluding hydrogens is 1160 g/mol. The number of fused-ring (bicyclic) bond motifs is 7. The first-order valence-corrected chi connectivity index (χ1v) is 29.6. The normalized spacial score (nSPS) is 40.7. The van der Waals surface area contributed by atoms with Crippen LogP contribution in [0, 0.1) is 34.5 Å². The van der Waals surface area contributed by atoms with Crippen molar-refractivity contribution in [2.75, 3.05) is 19.8 Å². The molecule has 4 aliphatic heterocycles. The first kappa shape index (κ1) is 67.0. The van der Waals surface area contributed by atoms with Crippen LogP contribution < -0.4 is 0 Å². The molecule has 4 saturated carbocycles. The van der Waals surface area contributed by atoms with Crippen LogP contribution in [-0.2, 0) is 133 Å². The lowest BCUT2D eigenvalue weighted by molar-refractivity contribution is -0.390. The summed E-state index contributed by atoms with van der Waals surface area (Å²) in [6.07, 6.45) is -21.0. The maximum atomic E-state index is 13.4. The maximum absolute atomic E-state index is 13.4. The quantitative estimate of drug-likeness (QED) is 0.0732. The molecule has 4 heterocycles. The molecule has 0 N–H and O–H groups in total. The minimum atomic E-state index is -2.10. The smallest absolute Gasteiger partial charge is 0.303 e. The van der Waals surface area contributed by atoms with Gasteiger partial charge in [0.2, 0.25) is 0 Å². The Morgan fingerprint density at radius 3 is 1.23 bits per heavy atom. The lowest BCUT2D eigenvalue weighted by Crippen LogP contribution is -2.69. The summed E-state index contributed by atoms with van der Waals surface area (Å²) >= 11 is 0. The molecule has 8 fully saturated rings. The fourth-order valence-electron chi connectivity index (χ4n) is 15.5. The number of hydrogen-bond donors (Lipinski definition) is 0. The van der Waals surface area contributed by atoms with Crippen LogP contribution in [-0.4, -0.2) is 195 Å². The lowest BCUT2D eigenvalue weighted by atomic mass is 9.44. The number of carbonyl (C=O) groups is 11. The number of Topliss-reactive ketones (excluding diaryl/α,β-unsaturated/α-hetero) is 1. The molecule has 0 aromatic rings. The average molecular weight is 1240 g/mol. The number of carbonyl (C=O) groups excluding carboxylic acids is 11. The molecule has 486 valence electrons. The van der Waals surface area contributed by atoms with Gasteiger partial charge in [-0.3, -0.25) is 52.7 Å². The van der Waals surface area contributed by atoms with Gasteiger partial charge < -0.3 is 80.5 Å². The number of hydrogen-bond acceptors (Lipinski definition) is 28. The van der Waals surface area contributed by atoms with E-state index in [1.165, 1.54) is 0 Å². The second kappa shape index (κ2) is 27.1. The van der Waals surface area contributed by atoms with Crippen LogP contribution in [0.4, 0.5) is 0 Å². The summed E-state index contributed by atoms with van der Waals surface area (Å²) in [5.74, 6) is -7.88. The summed E-state index contributed by atoms with van der Waals surface area (Å²) in [5, 5.41) is 0. The SMILES string of the molecule is CC(=O)OCC1OC(OC2C(OC3C(COC(C)=O)OC(OC4CCC5(C)C(CCC6C5CCC5(C)C6CC6OC65C(C)=O)C4)C(OC(C)=O)C3OC(C)=O)OC(COC(C)=O)C(OC(C)=O)C2OC(C)=O)C(OC(C)=O)C(OC(C)=O)C1OC(C)=O. The molecule has 87 heavy (non-hydrogen) atoms. The molecule has 28 heteroatoms. The molecule has 0 bridgehead atoms. The first-order chi connectivity index (χ1) is 40.9. The van der Waals surface area contributed by atoms with E-state index in [-0.39, 0.29) is 28.6 Å². The van der Waals surface area contributed by atoms with Crippen molar-refractivity contribution in [3.8, 4) is 0 Å². The molecule has 8 rings (SSSR count). The van der Waals surface area contributed by atoms with Crippen molar-refractivity contribution in [1.82, 2.24) is 0 Å². The Kier molecular flexibility index (Phi) is 20.8. The van der Waals surface area contributed by atoms with Crippen LogP contribution in [0.3, 0.4) is 0 Å². The van der Waals surface area contributed by atoms with Crippen molar-refractivity contribution >= 4 is 65.5 Å². The van der Waals surface area contributed by atoms with E-state index in [9.17, 15) is 52.7 Å². The van der Waals surface area contributed by atoms with Crippen molar-refractivity contribution in [2.24, 2.45) is 34.5 Å². The Labute approximate surface area is 503 Å². The van der Waals surface area contributed by atoms with Crippen LogP contribution in [0.15, 0.2) is 0 Å². The van der Waals surface area contributed by atoms with E-state index in [0.29, 0.717) is 30.6 Å². The monoisotopic (exact) mass is 1240 g/mol. The molecule has 0 radical (unpaired) electrons. The topological polar surface area (TPSA) is 348 Å². The molecule has 0 aromatic heterocycles. The third-order valence-electron chi connectivity index (χ3n) is 18.7. The van der Waals surface area contributed by atoms with Gasteiger partial charge in [0.05, 0.1) is 12.2 Å². The number of epoxide rings is 1. The predicted molar refractivity (Wildman–Crippen MR) is 285 cm³/mol. The number of esters is 10. The van der Waals surface area contributed by atoms with Crippen molar-refractivity contribution < 1.29 is 133 Å². The summed E-state index contributed by atoms with van der Waals surface area (Å²) in [6.45, 7) is 14.5. The van der Waals surface area contributed by atoms with Gasteiger partial charge in [-0.1, -0.05) is 13.8 Å². The van der Waals surface area contributed by atoms with Gasteiger partial charge in [-0.15, -0.1) is 0 Å². The van der Waals surface area contributed by atoms with E-state index in [4.69, 9.17) is 80.5 Å². The molecule has 28 nitrogen and oxygen atoms in total. The van der Waals surface area contributed by atoms with Crippen LogP contribution in [0.5, 0.6) is 0 Å². The summed E-state index contributed by atoms with van der Waals surface area (Å²) in [6, 6.07) is 0. The van der Waals surface area contributed by atoms with E-state index in [2.05, 4.69) is 13.8 Å². The zero-order chi connectivity index (χ0) is 63.8. The van der Waals surface area contributed by atoms with Gasteiger partial charge in [-0.05, 0) is 87.4 Å². The summed E-state index contributed by atoms with van der Waals surface area (Å²) < 4.78 is 102. The van der Waals surface area contributed by atoms with Gasteiger partial charge in [0.15, 0.2) is 79.1 Å². The molecule has 24 atom stereocenters. The summed E-state index contributed by atoms with van der Waals surface area (Å²) in [4.78, 5) is 142. The van der Waals surface area contributed by atoms with Gasteiger partial charge >= 0.3 is 59.7 Å².